The van der Waals surface area contributed by atoms with Crippen LogP contribution in [0.25, 0.3) is 10.8 Å². The molecule has 0 spiro atoms. The van der Waals surface area contributed by atoms with E-state index in [-0.39, 0.29) is 23.2 Å². The summed E-state index contributed by atoms with van der Waals surface area (Å²) < 4.78 is 25.3. The van der Waals surface area contributed by atoms with Gasteiger partial charge in [-0.05, 0) is 54.3 Å². The molecule has 4 aromatic rings. The number of carboxylic acid groups (broad SMARTS) is 1. The van der Waals surface area contributed by atoms with Gasteiger partial charge in [0.2, 0.25) is 5.88 Å². The molecule has 2 aromatic heterocycles. The van der Waals surface area contributed by atoms with Gasteiger partial charge in [0.25, 0.3) is 0 Å². The van der Waals surface area contributed by atoms with Gasteiger partial charge in [0.15, 0.2) is 11.6 Å². The molecule has 0 bridgehead atoms. The van der Waals surface area contributed by atoms with Gasteiger partial charge < -0.3 is 19.9 Å². The van der Waals surface area contributed by atoms with Crippen molar-refractivity contribution in [3.8, 4) is 17.4 Å². The molecule has 2 N–H and O–H groups in total. The Morgan fingerprint density at radius 1 is 1.06 bits per heavy atom. The van der Waals surface area contributed by atoms with Crippen molar-refractivity contribution in [3.63, 3.8) is 0 Å². The molecule has 32 heavy (non-hydrogen) atoms. The lowest BCUT2D eigenvalue weighted by Gasteiger charge is -2.18. The van der Waals surface area contributed by atoms with Crippen LogP contribution >= 0.6 is 0 Å². The first-order valence-electron chi connectivity index (χ1n) is 9.81. The molecule has 7 nitrogen and oxygen atoms in total. The zero-order valence-electron chi connectivity index (χ0n) is 17.4. The number of aromatic nitrogens is 2. The third kappa shape index (κ3) is 4.29. The normalized spacial score (nSPS) is 11.7. The first-order chi connectivity index (χ1) is 15.5. The molecule has 0 fully saturated rings. The second-order valence-corrected chi connectivity index (χ2v) is 7.07. The molecule has 0 aliphatic rings. The van der Waals surface area contributed by atoms with E-state index < -0.39 is 11.8 Å². The van der Waals surface area contributed by atoms with E-state index in [0.29, 0.717) is 17.0 Å². The van der Waals surface area contributed by atoms with Crippen molar-refractivity contribution in [2.45, 2.75) is 13.0 Å². The number of halogens is 1. The molecule has 0 aliphatic heterocycles. The standard InChI is InChI=1S/C24H20FN3O4/c1-14(15-3-5-17(6-4-15)24(29)30)28-22-21-16(9-11-26-22)10-12-27-23(21)32-20-8-7-18(31-2)13-19(20)25/h3-14H,1-2H3,(H,26,28)(H,29,30)/t14-/m0/s1. The topological polar surface area (TPSA) is 93.6 Å². The molecule has 1 atom stereocenters. The highest BCUT2D eigenvalue weighted by Gasteiger charge is 2.16. The van der Waals surface area contributed by atoms with Gasteiger partial charge in [-0.15, -0.1) is 0 Å². The average molecular weight is 433 g/mol. The van der Waals surface area contributed by atoms with Crippen molar-refractivity contribution < 1.29 is 23.8 Å². The van der Waals surface area contributed by atoms with E-state index in [4.69, 9.17) is 14.6 Å². The van der Waals surface area contributed by atoms with Crippen molar-refractivity contribution in [1.29, 1.82) is 0 Å². The minimum Gasteiger partial charge on any atom is -0.497 e. The molecule has 162 valence electrons. The van der Waals surface area contributed by atoms with Gasteiger partial charge in [0.05, 0.1) is 18.1 Å². The number of hydrogen-bond donors (Lipinski definition) is 2. The smallest absolute Gasteiger partial charge is 0.335 e. The fraction of sp³-hybridized carbons (Fsp3) is 0.125. The number of carbonyl (C=O) groups is 1. The number of carboxylic acids is 1. The third-order valence-corrected chi connectivity index (χ3v) is 5.00. The molecule has 0 radical (unpaired) electrons. The first kappa shape index (κ1) is 21.0. The number of aromatic carboxylic acids is 1. The van der Waals surface area contributed by atoms with Crippen molar-refractivity contribution >= 4 is 22.6 Å². The maximum atomic E-state index is 14.4. The van der Waals surface area contributed by atoms with Gasteiger partial charge in [0, 0.05) is 24.5 Å². The Labute approximate surface area is 183 Å². The van der Waals surface area contributed by atoms with Gasteiger partial charge in [0.1, 0.15) is 11.6 Å². The minimum atomic E-state index is -0.980. The number of benzene rings is 2. The molecule has 0 saturated carbocycles. The van der Waals surface area contributed by atoms with Crippen LogP contribution in [0.4, 0.5) is 10.2 Å². The van der Waals surface area contributed by atoms with Crippen molar-refractivity contribution in [1.82, 2.24) is 9.97 Å². The van der Waals surface area contributed by atoms with Gasteiger partial charge in [-0.1, -0.05) is 12.1 Å². The van der Waals surface area contributed by atoms with Gasteiger partial charge in [-0.2, -0.15) is 0 Å². The molecule has 2 heterocycles. The summed E-state index contributed by atoms with van der Waals surface area (Å²) >= 11 is 0. The van der Waals surface area contributed by atoms with Crippen LogP contribution in [-0.4, -0.2) is 28.2 Å². The van der Waals surface area contributed by atoms with Gasteiger partial charge in [-0.25, -0.2) is 19.2 Å². The number of fused-ring (bicyclic) bond motifs is 1. The van der Waals surface area contributed by atoms with Crippen LogP contribution in [0.5, 0.6) is 17.4 Å². The predicted molar refractivity (Wildman–Crippen MR) is 118 cm³/mol. The molecule has 0 unspecified atom stereocenters. The number of pyridine rings is 2. The summed E-state index contributed by atoms with van der Waals surface area (Å²) in [6, 6.07) is 14.3. The maximum absolute atomic E-state index is 14.4. The van der Waals surface area contributed by atoms with Crippen molar-refractivity contribution in [2.24, 2.45) is 0 Å². The van der Waals surface area contributed by atoms with Crippen molar-refractivity contribution in [3.05, 3.63) is 83.9 Å². The van der Waals surface area contributed by atoms with Crippen LogP contribution in [0.1, 0.15) is 28.9 Å². The summed E-state index contributed by atoms with van der Waals surface area (Å²) in [7, 11) is 1.46. The van der Waals surface area contributed by atoms with E-state index in [1.165, 1.54) is 19.2 Å². The van der Waals surface area contributed by atoms with E-state index in [1.807, 2.05) is 19.1 Å². The maximum Gasteiger partial charge on any atom is 0.335 e. The van der Waals surface area contributed by atoms with E-state index in [9.17, 15) is 9.18 Å². The monoisotopic (exact) mass is 433 g/mol. The quantitative estimate of drug-likeness (QED) is 0.401. The Hall–Kier alpha value is -4.20. The number of anilines is 1. The Kier molecular flexibility index (Phi) is 5.85. The Morgan fingerprint density at radius 2 is 1.78 bits per heavy atom. The van der Waals surface area contributed by atoms with Crippen LogP contribution in [-0.2, 0) is 0 Å². The van der Waals surface area contributed by atoms with Gasteiger partial charge in [-0.3, -0.25) is 0 Å². The third-order valence-electron chi connectivity index (χ3n) is 5.00. The molecule has 8 heteroatoms. The fourth-order valence-corrected chi connectivity index (χ4v) is 3.28. The van der Waals surface area contributed by atoms with Crippen molar-refractivity contribution in [2.75, 3.05) is 12.4 Å². The zero-order valence-corrected chi connectivity index (χ0v) is 17.4. The van der Waals surface area contributed by atoms with Gasteiger partial charge >= 0.3 is 5.97 Å². The molecule has 0 saturated heterocycles. The predicted octanol–water partition coefficient (Wildman–Crippen LogP) is 5.44. The summed E-state index contributed by atoms with van der Waals surface area (Å²) in [6.07, 6.45) is 3.24. The number of ether oxygens (including phenoxy) is 2. The van der Waals surface area contributed by atoms with Crippen LogP contribution in [0.15, 0.2) is 67.0 Å². The highest BCUT2D eigenvalue weighted by atomic mass is 19.1. The Morgan fingerprint density at radius 3 is 2.44 bits per heavy atom. The SMILES string of the molecule is COc1ccc(Oc2nccc3ccnc(N[C@@H](C)c4ccc(C(=O)O)cc4)c23)c(F)c1. The second-order valence-electron chi connectivity index (χ2n) is 7.07. The first-order valence-corrected chi connectivity index (χ1v) is 9.81. The Balaban J connectivity index is 1.67. The molecule has 2 aromatic carbocycles. The zero-order chi connectivity index (χ0) is 22.7. The largest absolute Gasteiger partial charge is 0.497 e. The molecular weight excluding hydrogens is 413 g/mol. The fourth-order valence-electron chi connectivity index (χ4n) is 3.28. The van der Waals surface area contributed by atoms with Crippen LogP contribution < -0.4 is 14.8 Å². The number of nitrogens with zero attached hydrogens (tertiary/aromatic N) is 2. The lowest BCUT2D eigenvalue weighted by Crippen LogP contribution is -2.09. The average Bonchev–Trinajstić information content (AvgIpc) is 2.80. The van der Waals surface area contributed by atoms with E-state index >= 15 is 0 Å². The number of methoxy groups -OCH3 is 1. The van der Waals surface area contributed by atoms with Crippen LogP contribution in [0.3, 0.4) is 0 Å². The highest BCUT2D eigenvalue weighted by molar-refractivity contribution is 5.96. The highest BCUT2D eigenvalue weighted by Crippen LogP contribution is 2.35. The van der Waals surface area contributed by atoms with E-state index in [1.54, 1.807) is 42.7 Å². The van der Waals surface area contributed by atoms with Crippen LogP contribution in [0, 0.1) is 5.82 Å². The summed E-state index contributed by atoms with van der Waals surface area (Å²) in [5.41, 5.74) is 1.09. The molecule has 4 rings (SSSR count). The lowest BCUT2D eigenvalue weighted by molar-refractivity contribution is 0.0697. The molecular formula is C24H20FN3O4. The van der Waals surface area contributed by atoms with Crippen LogP contribution in [0.2, 0.25) is 0 Å². The summed E-state index contributed by atoms with van der Waals surface area (Å²) in [6.45, 7) is 1.93. The summed E-state index contributed by atoms with van der Waals surface area (Å²) in [5.74, 6) is -0.449. The minimum absolute atomic E-state index is 0.0120. The number of nitrogens with one attached hydrogen (secondary N) is 1. The summed E-state index contributed by atoms with van der Waals surface area (Å²) in [5, 5.41) is 13.8. The summed E-state index contributed by atoms with van der Waals surface area (Å²) in [4.78, 5) is 19.8. The number of hydrogen-bond acceptors (Lipinski definition) is 6. The van der Waals surface area contributed by atoms with E-state index in [0.717, 1.165) is 10.9 Å². The van der Waals surface area contributed by atoms with E-state index in [2.05, 4.69) is 15.3 Å². The Bertz CT molecular complexity index is 1270. The second kappa shape index (κ2) is 8.89. The lowest BCUT2D eigenvalue weighted by atomic mass is 10.1. The number of rotatable bonds is 7. The molecule has 0 aliphatic carbocycles. The molecule has 0 amide bonds.